The van der Waals surface area contributed by atoms with Gasteiger partial charge in [0, 0.05) is 13.0 Å². The third-order valence-electron chi connectivity index (χ3n) is 3.57. The fourth-order valence-corrected chi connectivity index (χ4v) is 2.38. The molecule has 0 fully saturated rings. The monoisotopic (exact) mass is 258 g/mol. The van der Waals surface area contributed by atoms with Crippen LogP contribution < -0.4 is 11.1 Å². The van der Waals surface area contributed by atoms with Crippen LogP contribution in [0.25, 0.3) is 0 Å². The molecular weight excluding hydrogens is 236 g/mol. The van der Waals surface area contributed by atoms with Crippen LogP contribution >= 0.6 is 0 Å². The van der Waals surface area contributed by atoms with Crippen molar-refractivity contribution in [1.29, 1.82) is 0 Å². The number of fused-ring (bicyclic) bond motifs is 1. The molecule has 0 saturated carbocycles. The predicted octanol–water partition coefficient (Wildman–Crippen LogP) is 1.96. The van der Waals surface area contributed by atoms with Gasteiger partial charge in [-0.2, -0.15) is 0 Å². The maximum atomic E-state index is 11.6. The van der Waals surface area contributed by atoms with Gasteiger partial charge in [0.15, 0.2) is 0 Å². The molecule has 0 bridgehead atoms. The first-order valence-corrected chi connectivity index (χ1v) is 7.01. The number of amides is 1. The van der Waals surface area contributed by atoms with E-state index in [1.165, 1.54) is 16.7 Å². The van der Waals surface area contributed by atoms with Gasteiger partial charge in [0.2, 0.25) is 5.91 Å². The lowest BCUT2D eigenvalue weighted by atomic mass is 10.0. The molecule has 1 aromatic carbocycles. The van der Waals surface area contributed by atoms with Gasteiger partial charge in [-0.25, -0.2) is 0 Å². The first kappa shape index (κ1) is 13.8. The van der Waals surface area contributed by atoms with E-state index < -0.39 is 0 Å². The van der Waals surface area contributed by atoms with E-state index in [4.69, 9.17) is 5.73 Å². The second kappa shape index (κ2) is 7.10. The fraction of sp³-hybridized carbons (Fsp3) is 0.438. The van der Waals surface area contributed by atoms with Crippen molar-refractivity contribution in [1.82, 2.24) is 5.32 Å². The molecule has 2 rings (SSSR count). The molecule has 1 amide bonds. The van der Waals surface area contributed by atoms with Gasteiger partial charge >= 0.3 is 0 Å². The number of hydrogen-bond donors (Lipinski definition) is 2. The van der Waals surface area contributed by atoms with Crippen molar-refractivity contribution in [3.8, 4) is 0 Å². The average molecular weight is 258 g/mol. The normalized spacial score (nSPS) is 14.3. The molecule has 1 aliphatic rings. The highest BCUT2D eigenvalue weighted by atomic mass is 16.1. The van der Waals surface area contributed by atoms with Crippen LogP contribution in [0.2, 0.25) is 0 Å². The van der Waals surface area contributed by atoms with E-state index in [0.29, 0.717) is 19.5 Å². The largest absolute Gasteiger partial charge is 0.352 e. The number of allylic oxidation sites excluding steroid dienone is 1. The molecule has 0 unspecified atom stereocenters. The Bertz CT molecular complexity index is 466. The fourth-order valence-electron chi connectivity index (χ4n) is 2.38. The average Bonchev–Trinajstić information content (AvgIpc) is 2.65. The second-order valence-corrected chi connectivity index (χ2v) is 5.00. The molecule has 0 saturated heterocycles. The molecule has 0 heterocycles. The Hall–Kier alpha value is -1.61. The third kappa shape index (κ3) is 4.21. The SMILES string of the molecule is NCCCC(=O)NCC1=CCc2ccccc2CC1. The highest BCUT2D eigenvalue weighted by molar-refractivity contribution is 5.76. The van der Waals surface area contributed by atoms with Crippen LogP contribution in [0.1, 0.15) is 30.4 Å². The number of carbonyl (C=O) groups excluding carboxylic acids is 1. The maximum absolute atomic E-state index is 11.6. The number of rotatable bonds is 5. The van der Waals surface area contributed by atoms with Crippen LogP contribution in [0.5, 0.6) is 0 Å². The van der Waals surface area contributed by atoms with Crippen molar-refractivity contribution >= 4 is 5.91 Å². The predicted molar refractivity (Wildman–Crippen MR) is 77.8 cm³/mol. The molecule has 3 heteroatoms. The minimum atomic E-state index is 0.105. The van der Waals surface area contributed by atoms with E-state index in [2.05, 4.69) is 35.7 Å². The maximum Gasteiger partial charge on any atom is 0.220 e. The lowest BCUT2D eigenvalue weighted by Gasteiger charge is -2.07. The molecule has 0 aliphatic heterocycles. The van der Waals surface area contributed by atoms with Gasteiger partial charge in [0.05, 0.1) is 0 Å². The number of aryl methyl sites for hydroxylation is 1. The zero-order chi connectivity index (χ0) is 13.5. The van der Waals surface area contributed by atoms with E-state index in [1.54, 1.807) is 0 Å². The van der Waals surface area contributed by atoms with Crippen LogP contribution in [0.4, 0.5) is 0 Å². The van der Waals surface area contributed by atoms with Crippen molar-refractivity contribution in [2.75, 3.05) is 13.1 Å². The van der Waals surface area contributed by atoms with Gasteiger partial charge in [0.25, 0.3) is 0 Å². The van der Waals surface area contributed by atoms with Crippen molar-refractivity contribution in [2.24, 2.45) is 5.73 Å². The zero-order valence-corrected chi connectivity index (χ0v) is 11.3. The number of nitrogens with one attached hydrogen (secondary N) is 1. The van der Waals surface area contributed by atoms with Gasteiger partial charge in [-0.05, 0) is 43.4 Å². The smallest absolute Gasteiger partial charge is 0.220 e. The topological polar surface area (TPSA) is 55.1 Å². The minimum absolute atomic E-state index is 0.105. The summed E-state index contributed by atoms with van der Waals surface area (Å²) in [5.74, 6) is 0.105. The van der Waals surface area contributed by atoms with E-state index in [9.17, 15) is 4.79 Å². The standard InChI is InChI=1S/C16H22N2O/c17-11-3-6-16(19)18-12-13-7-9-14-4-1-2-5-15(14)10-8-13/h1-2,4-5,7H,3,6,8-12,17H2,(H,18,19). The van der Waals surface area contributed by atoms with Gasteiger partial charge in [-0.15, -0.1) is 0 Å². The van der Waals surface area contributed by atoms with E-state index in [1.807, 2.05) is 0 Å². The second-order valence-electron chi connectivity index (χ2n) is 5.00. The van der Waals surface area contributed by atoms with Crippen molar-refractivity contribution in [3.63, 3.8) is 0 Å². The molecule has 3 N–H and O–H groups in total. The Kier molecular flexibility index (Phi) is 5.16. The first-order valence-electron chi connectivity index (χ1n) is 7.01. The molecule has 0 aromatic heterocycles. The third-order valence-corrected chi connectivity index (χ3v) is 3.57. The highest BCUT2D eigenvalue weighted by Crippen LogP contribution is 2.19. The highest BCUT2D eigenvalue weighted by Gasteiger charge is 2.09. The molecule has 3 nitrogen and oxygen atoms in total. The van der Waals surface area contributed by atoms with Crippen LogP contribution in [-0.2, 0) is 17.6 Å². The molecular formula is C16H22N2O. The molecule has 0 spiro atoms. The lowest BCUT2D eigenvalue weighted by molar-refractivity contribution is -0.120. The quantitative estimate of drug-likeness (QED) is 0.793. The number of nitrogens with two attached hydrogens (primary N) is 1. The van der Waals surface area contributed by atoms with Crippen LogP contribution in [-0.4, -0.2) is 19.0 Å². The van der Waals surface area contributed by atoms with Gasteiger partial charge in [-0.3, -0.25) is 4.79 Å². The van der Waals surface area contributed by atoms with Crippen molar-refractivity contribution < 1.29 is 4.79 Å². The van der Waals surface area contributed by atoms with Crippen LogP contribution in [0.3, 0.4) is 0 Å². The molecule has 1 aliphatic carbocycles. The number of carbonyl (C=O) groups is 1. The summed E-state index contributed by atoms with van der Waals surface area (Å²) in [7, 11) is 0. The van der Waals surface area contributed by atoms with Crippen LogP contribution in [0.15, 0.2) is 35.9 Å². The van der Waals surface area contributed by atoms with E-state index in [0.717, 1.165) is 25.7 Å². The molecule has 0 atom stereocenters. The van der Waals surface area contributed by atoms with Gasteiger partial charge < -0.3 is 11.1 Å². The summed E-state index contributed by atoms with van der Waals surface area (Å²) in [6.07, 6.45) is 6.63. The van der Waals surface area contributed by atoms with Crippen molar-refractivity contribution in [3.05, 3.63) is 47.0 Å². The number of benzene rings is 1. The summed E-state index contributed by atoms with van der Waals surface area (Å²) in [5, 5.41) is 2.98. The summed E-state index contributed by atoms with van der Waals surface area (Å²) in [4.78, 5) is 11.6. The summed E-state index contributed by atoms with van der Waals surface area (Å²) in [6, 6.07) is 8.57. The summed E-state index contributed by atoms with van der Waals surface area (Å²) >= 11 is 0. The Morgan fingerprint density at radius 3 is 2.79 bits per heavy atom. The molecule has 1 aromatic rings. The molecule has 102 valence electrons. The Balaban J connectivity index is 1.84. The molecule has 0 radical (unpaired) electrons. The van der Waals surface area contributed by atoms with Crippen LogP contribution in [0, 0.1) is 0 Å². The minimum Gasteiger partial charge on any atom is -0.352 e. The first-order chi connectivity index (χ1) is 9.29. The summed E-state index contributed by atoms with van der Waals surface area (Å²) < 4.78 is 0. The Labute approximate surface area is 114 Å². The molecule has 19 heavy (non-hydrogen) atoms. The van der Waals surface area contributed by atoms with Gasteiger partial charge in [0.1, 0.15) is 0 Å². The Morgan fingerprint density at radius 1 is 1.21 bits per heavy atom. The summed E-state index contributed by atoms with van der Waals surface area (Å²) in [6.45, 7) is 1.25. The summed E-state index contributed by atoms with van der Waals surface area (Å²) in [5.41, 5.74) is 9.57. The van der Waals surface area contributed by atoms with E-state index >= 15 is 0 Å². The number of hydrogen-bond acceptors (Lipinski definition) is 2. The van der Waals surface area contributed by atoms with E-state index in [-0.39, 0.29) is 5.91 Å². The van der Waals surface area contributed by atoms with Gasteiger partial charge in [-0.1, -0.05) is 35.9 Å². The Morgan fingerprint density at radius 2 is 2.00 bits per heavy atom. The van der Waals surface area contributed by atoms with Crippen molar-refractivity contribution in [2.45, 2.75) is 32.1 Å². The zero-order valence-electron chi connectivity index (χ0n) is 11.3. The lowest BCUT2D eigenvalue weighted by Crippen LogP contribution is -2.26.